The Morgan fingerprint density at radius 1 is 1.18 bits per heavy atom. The SMILES string of the molecule is Nc1cc(-n2c(Cl)nc3ccccc32)ncn1. The highest BCUT2D eigenvalue weighted by Gasteiger charge is 2.11. The van der Waals surface area contributed by atoms with E-state index in [1.54, 1.807) is 10.6 Å². The largest absolute Gasteiger partial charge is 0.384 e. The van der Waals surface area contributed by atoms with Crippen LogP contribution in [-0.4, -0.2) is 19.5 Å². The van der Waals surface area contributed by atoms with Crippen molar-refractivity contribution < 1.29 is 0 Å². The van der Waals surface area contributed by atoms with Crippen molar-refractivity contribution in [3.63, 3.8) is 0 Å². The van der Waals surface area contributed by atoms with Crippen LogP contribution >= 0.6 is 11.6 Å². The summed E-state index contributed by atoms with van der Waals surface area (Å²) in [5.41, 5.74) is 7.33. The van der Waals surface area contributed by atoms with E-state index in [0.717, 1.165) is 11.0 Å². The summed E-state index contributed by atoms with van der Waals surface area (Å²) in [5, 5.41) is 0.351. The number of nitrogens with zero attached hydrogens (tertiary/aromatic N) is 4. The summed E-state index contributed by atoms with van der Waals surface area (Å²) in [5.74, 6) is 1.00. The Hall–Kier alpha value is -2.14. The molecular formula is C11H8ClN5. The lowest BCUT2D eigenvalue weighted by Crippen LogP contribution is -2.00. The Morgan fingerprint density at radius 3 is 2.82 bits per heavy atom. The third-order valence-corrected chi connectivity index (χ3v) is 2.68. The number of rotatable bonds is 1. The lowest BCUT2D eigenvalue weighted by molar-refractivity contribution is 0.999. The number of nitrogen functional groups attached to an aromatic ring is 1. The van der Waals surface area contributed by atoms with Crippen molar-refractivity contribution in [1.29, 1.82) is 0 Å². The zero-order valence-electron chi connectivity index (χ0n) is 8.71. The molecule has 1 aromatic carbocycles. The molecule has 0 bridgehead atoms. The number of hydrogen-bond donors (Lipinski definition) is 1. The van der Waals surface area contributed by atoms with Crippen LogP contribution in [0.5, 0.6) is 0 Å². The summed E-state index contributed by atoms with van der Waals surface area (Å²) in [6.45, 7) is 0. The minimum Gasteiger partial charge on any atom is -0.384 e. The Labute approximate surface area is 102 Å². The molecule has 0 amide bonds. The summed E-state index contributed by atoms with van der Waals surface area (Å²) < 4.78 is 1.73. The van der Waals surface area contributed by atoms with Gasteiger partial charge in [-0.15, -0.1) is 0 Å². The van der Waals surface area contributed by atoms with Crippen LogP contribution in [0, 0.1) is 0 Å². The van der Waals surface area contributed by atoms with Gasteiger partial charge in [-0.1, -0.05) is 12.1 Å². The average molecular weight is 246 g/mol. The third kappa shape index (κ3) is 1.60. The Kier molecular flexibility index (Phi) is 2.19. The highest BCUT2D eigenvalue weighted by atomic mass is 35.5. The van der Waals surface area contributed by atoms with Crippen molar-refractivity contribution in [2.45, 2.75) is 0 Å². The van der Waals surface area contributed by atoms with E-state index in [9.17, 15) is 0 Å². The molecule has 2 aromatic heterocycles. The number of imidazole rings is 1. The maximum Gasteiger partial charge on any atom is 0.209 e. The van der Waals surface area contributed by atoms with Gasteiger partial charge in [0.25, 0.3) is 0 Å². The Balaban J connectivity index is 2.33. The van der Waals surface area contributed by atoms with Crippen molar-refractivity contribution in [2.75, 3.05) is 5.73 Å². The zero-order chi connectivity index (χ0) is 11.8. The summed E-state index contributed by atoms with van der Waals surface area (Å²) in [7, 11) is 0. The summed E-state index contributed by atoms with van der Waals surface area (Å²) in [4.78, 5) is 12.2. The molecule has 3 rings (SSSR count). The van der Waals surface area contributed by atoms with Gasteiger partial charge in [0.2, 0.25) is 5.28 Å². The number of hydrogen-bond acceptors (Lipinski definition) is 4. The summed E-state index contributed by atoms with van der Waals surface area (Å²) >= 11 is 6.11. The van der Waals surface area contributed by atoms with Gasteiger partial charge in [-0.25, -0.2) is 15.0 Å². The van der Waals surface area contributed by atoms with E-state index in [1.165, 1.54) is 6.33 Å². The van der Waals surface area contributed by atoms with E-state index < -0.39 is 0 Å². The molecule has 0 aliphatic rings. The van der Waals surface area contributed by atoms with E-state index in [0.29, 0.717) is 16.9 Å². The highest BCUT2D eigenvalue weighted by molar-refractivity contribution is 6.29. The lowest BCUT2D eigenvalue weighted by Gasteiger charge is -2.04. The number of benzene rings is 1. The topological polar surface area (TPSA) is 69.6 Å². The van der Waals surface area contributed by atoms with E-state index in [1.807, 2.05) is 24.3 Å². The van der Waals surface area contributed by atoms with E-state index in [4.69, 9.17) is 17.3 Å². The zero-order valence-corrected chi connectivity index (χ0v) is 9.46. The molecule has 2 N–H and O–H groups in total. The van der Waals surface area contributed by atoms with Crippen LogP contribution in [0.4, 0.5) is 5.82 Å². The molecule has 0 aliphatic heterocycles. The van der Waals surface area contributed by atoms with Crippen LogP contribution in [0.3, 0.4) is 0 Å². The van der Waals surface area contributed by atoms with E-state index in [-0.39, 0.29) is 0 Å². The van der Waals surface area contributed by atoms with Crippen LogP contribution in [0.2, 0.25) is 5.28 Å². The van der Waals surface area contributed by atoms with Gasteiger partial charge < -0.3 is 5.73 Å². The summed E-state index contributed by atoms with van der Waals surface area (Å²) in [6, 6.07) is 9.29. The molecule has 2 heterocycles. The molecule has 6 heteroatoms. The average Bonchev–Trinajstić information content (AvgIpc) is 2.64. The quantitative estimate of drug-likeness (QED) is 0.712. The van der Waals surface area contributed by atoms with E-state index >= 15 is 0 Å². The number of halogens is 1. The minimum atomic E-state index is 0.351. The second-order valence-corrected chi connectivity index (χ2v) is 3.84. The van der Waals surface area contributed by atoms with Gasteiger partial charge in [0.1, 0.15) is 18.0 Å². The first-order chi connectivity index (χ1) is 8.25. The Bertz CT molecular complexity index is 691. The minimum absolute atomic E-state index is 0.351. The van der Waals surface area contributed by atoms with Crippen molar-refractivity contribution in [3.05, 3.63) is 41.9 Å². The van der Waals surface area contributed by atoms with Gasteiger partial charge in [-0.2, -0.15) is 0 Å². The fraction of sp³-hybridized carbons (Fsp3) is 0. The third-order valence-electron chi connectivity index (χ3n) is 2.42. The molecule has 0 spiro atoms. The van der Waals surface area contributed by atoms with Crippen molar-refractivity contribution in [2.24, 2.45) is 0 Å². The van der Waals surface area contributed by atoms with Gasteiger partial charge in [0.15, 0.2) is 0 Å². The summed E-state index contributed by atoms with van der Waals surface area (Å²) in [6.07, 6.45) is 1.40. The highest BCUT2D eigenvalue weighted by Crippen LogP contribution is 2.23. The number of fused-ring (bicyclic) bond motifs is 1. The smallest absolute Gasteiger partial charge is 0.209 e. The van der Waals surface area contributed by atoms with Gasteiger partial charge in [-0.3, -0.25) is 4.57 Å². The predicted molar refractivity (Wildman–Crippen MR) is 66.1 cm³/mol. The molecule has 0 saturated carbocycles. The normalized spacial score (nSPS) is 10.9. The second kappa shape index (κ2) is 3.71. The number of anilines is 1. The molecule has 0 fully saturated rings. The van der Waals surface area contributed by atoms with Crippen molar-refractivity contribution >= 4 is 28.5 Å². The molecule has 3 aromatic rings. The molecule has 0 unspecified atom stereocenters. The first-order valence-electron chi connectivity index (χ1n) is 4.96. The number of aromatic nitrogens is 4. The standard InChI is InChI=1S/C11H8ClN5/c12-11-16-7-3-1-2-4-8(7)17(11)10-5-9(13)14-6-15-10/h1-6H,(H2,13,14,15). The number of nitrogens with two attached hydrogens (primary N) is 1. The molecule has 0 radical (unpaired) electrons. The maximum atomic E-state index is 6.11. The first-order valence-corrected chi connectivity index (χ1v) is 5.34. The first kappa shape index (κ1) is 10.0. The van der Waals surface area contributed by atoms with Crippen LogP contribution in [0.15, 0.2) is 36.7 Å². The fourth-order valence-corrected chi connectivity index (χ4v) is 1.97. The van der Waals surface area contributed by atoms with Crippen molar-refractivity contribution in [3.8, 4) is 5.82 Å². The van der Waals surface area contributed by atoms with Gasteiger partial charge in [-0.05, 0) is 23.7 Å². The molecule has 0 aliphatic carbocycles. The molecule has 5 nitrogen and oxygen atoms in total. The van der Waals surface area contributed by atoms with Crippen molar-refractivity contribution in [1.82, 2.24) is 19.5 Å². The molecular weight excluding hydrogens is 238 g/mol. The molecule has 0 atom stereocenters. The Morgan fingerprint density at radius 2 is 2.00 bits per heavy atom. The van der Waals surface area contributed by atoms with Crippen LogP contribution in [0.25, 0.3) is 16.9 Å². The maximum absolute atomic E-state index is 6.11. The van der Waals surface area contributed by atoms with Gasteiger partial charge in [0.05, 0.1) is 11.0 Å². The lowest BCUT2D eigenvalue weighted by atomic mass is 10.3. The molecule has 0 saturated heterocycles. The second-order valence-electron chi connectivity index (χ2n) is 3.51. The predicted octanol–water partition coefficient (Wildman–Crippen LogP) is 2.05. The van der Waals surface area contributed by atoms with Crippen LogP contribution < -0.4 is 5.73 Å². The fourth-order valence-electron chi connectivity index (χ4n) is 1.70. The van der Waals surface area contributed by atoms with Gasteiger partial charge in [0, 0.05) is 6.07 Å². The van der Waals surface area contributed by atoms with Crippen LogP contribution in [0.1, 0.15) is 0 Å². The number of para-hydroxylation sites is 2. The monoisotopic (exact) mass is 245 g/mol. The van der Waals surface area contributed by atoms with E-state index in [2.05, 4.69) is 15.0 Å². The molecule has 84 valence electrons. The van der Waals surface area contributed by atoms with Crippen LogP contribution in [-0.2, 0) is 0 Å². The molecule has 17 heavy (non-hydrogen) atoms. The van der Waals surface area contributed by atoms with Gasteiger partial charge >= 0.3 is 0 Å².